The first-order chi connectivity index (χ1) is 6.66. The van der Waals surface area contributed by atoms with Crippen LogP contribution in [0.1, 0.15) is 25.3 Å². The second-order valence-electron chi connectivity index (χ2n) is 3.64. The smallest absolute Gasteiger partial charge is 0.328 e. The summed E-state index contributed by atoms with van der Waals surface area (Å²) in [5.74, 6) is 0. The molecule has 76 valence electrons. The summed E-state index contributed by atoms with van der Waals surface area (Å²) in [7, 11) is 0. The molecule has 0 bridgehead atoms. The zero-order valence-electron chi connectivity index (χ0n) is 7.64. The molecule has 2 atom stereocenters. The lowest BCUT2D eigenvalue weighted by Crippen LogP contribution is -2.30. The summed E-state index contributed by atoms with van der Waals surface area (Å²) in [5.41, 5.74) is -0.776. The predicted molar refractivity (Wildman–Crippen MR) is 50.2 cm³/mol. The summed E-state index contributed by atoms with van der Waals surface area (Å²) >= 11 is 0. The molecule has 0 unspecified atom stereocenters. The van der Waals surface area contributed by atoms with Crippen molar-refractivity contribution in [3.05, 3.63) is 33.1 Å². The van der Waals surface area contributed by atoms with Gasteiger partial charge in [0.1, 0.15) is 0 Å². The van der Waals surface area contributed by atoms with Crippen molar-refractivity contribution in [2.24, 2.45) is 0 Å². The number of aromatic nitrogens is 2. The Morgan fingerprint density at radius 1 is 1.43 bits per heavy atom. The van der Waals surface area contributed by atoms with Gasteiger partial charge in [-0.3, -0.25) is 14.3 Å². The third-order valence-electron chi connectivity index (χ3n) is 2.62. The highest BCUT2D eigenvalue weighted by atomic mass is 16.3. The normalized spacial score (nSPS) is 26.6. The van der Waals surface area contributed by atoms with Crippen LogP contribution < -0.4 is 11.2 Å². The standard InChI is InChI=1S/C9H12N2O3/c12-7-2-1-6(5-7)11-4-3-8(13)10-9(11)14/h3-4,6-7,12H,1-2,5H2,(H,10,13,14)/t6-,7+/m0/s1. The molecule has 0 aliphatic heterocycles. The van der Waals surface area contributed by atoms with E-state index in [4.69, 9.17) is 0 Å². The zero-order chi connectivity index (χ0) is 10.1. The maximum Gasteiger partial charge on any atom is 0.328 e. The number of rotatable bonds is 1. The van der Waals surface area contributed by atoms with E-state index in [1.807, 2.05) is 0 Å². The number of hydrogen-bond donors (Lipinski definition) is 2. The number of H-pyrrole nitrogens is 1. The Bertz CT molecular complexity index is 434. The summed E-state index contributed by atoms with van der Waals surface area (Å²) in [6.07, 6.45) is 3.26. The molecule has 5 heteroatoms. The van der Waals surface area contributed by atoms with Crippen LogP contribution >= 0.6 is 0 Å². The Labute approximate surface area is 80.0 Å². The maximum absolute atomic E-state index is 11.4. The van der Waals surface area contributed by atoms with E-state index in [1.54, 1.807) is 0 Å². The first kappa shape index (κ1) is 9.21. The van der Waals surface area contributed by atoms with E-state index in [0.717, 1.165) is 12.8 Å². The summed E-state index contributed by atoms with van der Waals surface area (Å²) < 4.78 is 1.48. The maximum atomic E-state index is 11.4. The largest absolute Gasteiger partial charge is 0.393 e. The van der Waals surface area contributed by atoms with E-state index in [2.05, 4.69) is 4.98 Å². The van der Waals surface area contributed by atoms with Crippen molar-refractivity contribution < 1.29 is 5.11 Å². The van der Waals surface area contributed by atoms with E-state index in [9.17, 15) is 14.7 Å². The molecule has 14 heavy (non-hydrogen) atoms. The SMILES string of the molecule is O=c1ccn([C@H]2CC[C@@H](O)C2)c(=O)[nH]1. The Hall–Kier alpha value is -1.36. The van der Waals surface area contributed by atoms with Crippen molar-refractivity contribution in [2.45, 2.75) is 31.4 Å². The van der Waals surface area contributed by atoms with Gasteiger partial charge in [0.15, 0.2) is 0 Å². The van der Waals surface area contributed by atoms with Gasteiger partial charge in [-0.25, -0.2) is 4.79 Å². The first-order valence-corrected chi connectivity index (χ1v) is 4.66. The summed E-state index contributed by atoms with van der Waals surface area (Å²) in [6, 6.07) is 1.35. The number of nitrogens with zero attached hydrogens (tertiary/aromatic N) is 1. The number of nitrogens with one attached hydrogen (secondary N) is 1. The Morgan fingerprint density at radius 2 is 2.21 bits per heavy atom. The van der Waals surface area contributed by atoms with Crippen LogP contribution in [0.2, 0.25) is 0 Å². The lowest BCUT2D eigenvalue weighted by atomic mass is 10.2. The summed E-state index contributed by atoms with van der Waals surface area (Å²) in [6.45, 7) is 0. The average molecular weight is 196 g/mol. The van der Waals surface area contributed by atoms with Crippen LogP contribution in [0, 0.1) is 0 Å². The van der Waals surface area contributed by atoms with Gasteiger partial charge in [0.2, 0.25) is 0 Å². The molecule has 0 aromatic carbocycles. The van der Waals surface area contributed by atoms with Crippen LogP contribution in [0.3, 0.4) is 0 Å². The fourth-order valence-electron chi connectivity index (χ4n) is 1.90. The molecule has 0 radical (unpaired) electrons. The van der Waals surface area contributed by atoms with Crippen LogP contribution in [0.4, 0.5) is 0 Å². The highest BCUT2D eigenvalue weighted by Gasteiger charge is 2.24. The molecular weight excluding hydrogens is 184 g/mol. The molecule has 1 saturated carbocycles. The first-order valence-electron chi connectivity index (χ1n) is 4.66. The fraction of sp³-hybridized carbons (Fsp3) is 0.556. The number of hydrogen-bond acceptors (Lipinski definition) is 3. The molecule has 1 aromatic rings. The van der Waals surface area contributed by atoms with Crippen molar-refractivity contribution in [3.8, 4) is 0 Å². The van der Waals surface area contributed by atoms with Gasteiger partial charge in [-0.15, -0.1) is 0 Å². The molecule has 2 N–H and O–H groups in total. The van der Waals surface area contributed by atoms with E-state index in [1.165, 1.54) is 16.8 Å². The molecule has 1 fully saturated rings. The van der Waals surface area contributed by atoms with Crippen LogP contribution in [0.5, 0.6) is 0 Å². The molecule has 2 rings (SSSR count). The van der Waals surface area contributed by atoms with Crippen molar-refractivity contribution in [3.63, 3.8) is 0 Å². The molecule has 1 heterocycles. The highest BCUT2D eigenvalue weighted by molar-refractivity contribution is 4.89. The molecule has 1 aliphatic carbocycles. The lowest BCUT2D eigenvalue weighted by molar-refractivity contribution is 0.177. The van der Waals surface area contributed by atoms with Gasteiger partial charge in [0.25, 0.3) is 5.56 Å². The molecule has 5 nitrogen and oxygen atoms in total. The Balaban J connectivity index is 2.33. The van der Waals surface area contributed by atoms with Gasteiger partial charge in [-0.1, -0.05) is 0 Å². The highest BCUT2D eigenvalue weighted by Crippen LogP contribution is 2.28. The lowest BCUT2D eigenvalue weighted by Gasteiger charge is -2.11. The number of aliphatic hydroxyl groups is 1. The fourth-order valence-corrected chi connectivity index (χ4v) is 1.90. The van der Waals surface area contributed by atoms with Gasteiger partial charge in [0, 0.05) is 18.3 Å². The molecule has 0 saturated heterocycles. The Kier molecular flexibility index (Phi) is 2.25. The van der Waals surface area contributed by atoms with Gasteiger partial charge in [0.05, 0.1) is 6.10 Å². The monoisotopic (exact) mass is 196 g/mol. The molecule has 1 aliphatic rings. The van der Waals surface area contributed by atoms with Gasteiger partial charge in [-0.05, 0) is 19.3 Å². The molecular formula is C9H12N2O3. The van der Waals surface area contributed by atoms with Crippen molar-refractivity contribution >= 4 is 0 Å². The van der Waals surface area contributed by atoms with Gasteiger partial charge < -0.3 is 5.11 Å². The molecule has 0 amide bonds. The third kappa shape index (κ3) is 1.63. The van der Waals surface area contributed by atoms with E-state index in [0.29, 0.717) is 6.42 Å². The van der Waals surface area contributed by atoms with Gasteiger partial charge in [-0.2, -0.15) is 0 Å². The van der Waals surface area contributed by atoms with Crippen LogP contribution in [-0.4, -0.2) is 20.8 Å². The number of aliphatic hydroxyl groups excluding tert-OH is 1. The molecule has 1 aromatic heterocycles. The zero-order valence-corrected chi connectivity index (χ0v) is 7.64. The van der Waals surface area contributed by atoms with Crippen molar-refractivity contribution in [1.29, 1.82) is 0 Å². The second kappa shape index (κ2) is 3.42. The van der Waals surface area contributed by atoms with Crippen LogP contribution in [0.15, 0.2) is 21.9 Å². The summed E-state index contributed by atoms with van der Waals surface area (Å²) in [4.78, 5) is 24.4. The predicted octanol–water partition coefficient (Wildman–Crippen LogP) is -0.378. The summed E-state index contributed by atoms with van der Waals surface area (Å²) in [5, 5.41) is 9.32. The van der Waals surface area contributed by atoms with E-state index >= 15 is 0 Å². The van der Waals surface area contributed by atoms with Crippen LogP contribution in [-0.2, 0) is 0 Å². The van der Waals surface area contributed by atoms with Crippen LogP contribution in [0.25, 0.3) is 0 Å². The van der Waals surface area contributed by atoms with E-state index in [-0.39, 0.29) is 17.7 Å². The average Bonchev–Trinajstić information content (AvgIpc) is 2.51. The number of aromatic amines is 1. The van der Waals surface area contributed by atoms with Crippen molar-refractivity contribution in [1.82, 2.24) is 9.55 Å². The minimum Gasteiger partial charge on any atom is -0.393 e. The van der Waals surface area contributed by atoms with Crippen molar-refractivity contribution in [2.75, 3.05) is 0 Å². The minimum atomic E-state index is -0.392. The third-order valence-corrected chi connectivity index (χ3v) is 2.62. The Morgan fingerprint density at radius 3 is 2.79 bits per heavy atom. The second-order valence-corrected chi connectivity index (χ2v) is 3.64. The van der Waals surface area contributed by atoms with E-state index < -0.39 is 5.69 Å². The molecule has 0 spiro atoms. The quantitative estimate of drug-likeness (QED) is 0.643. The topological polar surface area (TPSA) is 75.1 Å². The van der Waals surface area contributed by atoms with Gasteiger partial charge >= 0.3 is 5.69 Å². The minimum absolute atomic E-state index is 0.0225.